The first-order chi connectivity index (χ1) is 9.08. The molecule has 1 heterocycles. The zero-order chi connectivity index (χ0) is 13.8. The number of nitrogens with zero attached hydrogens (tertiary/aromatic N) is 3. The molecular formula is C14H15ClN4. The van der Waals surface area contributed by atoms with Crippen molar-refractivity contribution in [3.8, 4) is 0 Å². The number of fused-ring (bicyclic) bond motifs is 1. The Hall–Kier alpha value is -1.94. The molecule has 0 aliphatic heterocycles. The summed E-state index contributed by atoms with van der Waals surface area (Å²) in [5.74, 6) is 0.599. The van der Waals surface area contributed by atoms with E-state index >= 15 is 0 Å². The van der Waals surface area contributed by atoms with E-state index in [0.717, 1.165) is 16.5 Å². The number of aromatic nitrogens is 2. The van der Waals surface area contributed by atoms with Gasteiger partial charge in [0.25, 0.3) is 0 Å². The average molecular weight is 275 g/mol. The SMILES string of the molecule is CC(C)=CC(C)=NNc1nnc(Cl)c2ccccc12. The van der Waals surface area contributed by atoms with E-state index in [9.17, 15) is 0 Å². The second-order valence-corrected chi connectivity index (χ2v) is 4.83. The molecule has 4 nitrogen and oxygen atoms in total. The van der Waals surface area contributed by atoms with Crippen LogP contribution >= 0.6 is 11.6 Å². The molecule has 1 aromatic heterocycles. The molecule has 0 aliphatic rings. The largest absolute Gasteiger partial charge is 0.259 e. The van der Waals surface area contributed by atoms with Gasteiger partial charge in [-0.05, 0) is 26.8 Å². The quantitative estimate of drug-likeness (QED) is 0.679. The summed E-state index contributed by atoms with van der Waals surface area (Å²) in [4.78, 5) is 0. The molecule has 0 radical (unpaired) electrons. The Morgan fingerprint density at radius 2 is 1.84 bits per heavy atom. The van der Waals surface area contributed by atoms with Gasteiger partial charge >= 0.3 is 0 Å². The zero-order valence-corrected chi connectivity index (χ0v) is 11.9. The Bertz CT molecular complexity index is 658. The second kappa shape index (κ2) is 5.80. The van der Waals surface area contributed by atoms with Crippen LogP contribution in [0.3, 0.4) is 0 Å². The number of halogens is 1. The number of anilines is 1. The molecule has 0 spiro atoms. The fraction of sp³-hybridized carbons (Fsp3) is 0.214. The topological polar surface area (TPSA) is 50.2 Å². The first kappa shape index (κ1) is 13.5. The predicted molar refractivity (Wildman–Crippen MR) is 80.7 cm³/mol. The Morgan fingerprint density at radius 1 is 1.16 bits per heavy atom. The van der Waals surface area contributed by atoms with E-state index in [0.29, 0.717) is 11.0 Å². The molecule has 2 rings (SSSR count). The van der Waals surface area contributed by atoms with E-state index in [1.165, 1.54) is 5.57 Å². The minimum atomic E-state index is 0.395. The van der Waals surface area contributed by atoms with Crippen LogP contribution in [0.2, 0.25) is 5.15 Å². The van der Waals surface area contributed by atoms with Gasteiger partial charge in [0.15, 0.2) is 11.0 Å². The third-order valence-electron chi connectivity index (χ3n) is 2.48. The van der Waals surface area contributed by atoms with Crippen molar-refractivity contribution < 1.29 is 0 Å². The van der Waals surface area contributed by atoms with Crippen LogP contribution in [-0.4, -0.2) is 15.9 Å². The van der Waals surface area contributed by atoms with Crippen LogP contribution in [0.5, 0.6) is 0 Å². The minimum absolute atomic E-state index is 0.395. The normalized spacial score (nSPS) is 11.5. The standard InChI is InChI=1S/C14H15ClN4/c1-9(2)8-10(3)16-18-14-12-7-5-4-6-11(12)13(15)17-19-14/h4-8H,1-3H3,(H,18,19). The van der Waals surface area contributed by atoms with Crippen LogP contribution in [0.4, 0.5) is 5.82 Å². The van der Waals surface area contributed by atoms with Crippen LogP contribution in [0.15, 0.2) is 41.0 Å². The van der Waals surface area contributed by atoms with Crippen molar-refractivity contribution in [3.05, 3.63) is 41.1 Å². The van der Waals surface area contributed by atoms with Crippen LogP contribution in [0.1, 0.15) is 20.8 Å². The highest BCUT2D eigenvalue weighted by molar-refractivity contribution is 6.34. The number of nitrogens with one attached hydrogen (secondary N) is 1. The summed E-state index contributed by atoms with van der Waals surface area (Å²) in [7, 11) is 0. The van der Waals surface area contributed by atoms with E-state index < -0.39 is 0 Å². The van der Waals surface area contributed by atoms with E-state index in [1.807, 2.05) is 51.1 Å². The van der Waals surface area contributed by atoms with Gasteiger partial charge in [-0.1, -0.05) is 41.4 Å². The summed E-state index contributed by atoms with van der Waals surface area (Å²) in [6.45, 7) is 5.97. The molecule has 1 aromatic carbocycles. The molecule has 5 heteroatoms. The Kier molecular flexibility index (Phi) is 4.12. The van der Waals surface area contributed by atoms with Gasteiger partial charge in [-0.2, -0.15) is 5.10 Å². The lowest BCUT2D eigenvalue weighted by molar-refractivity contribution is 1.04. The number of hydrogen-bond acceptors (Lipinski definition) is 4. The van der Waals surface area contributed by atoms with Gasteiger partial charge < -0.3 is 0 Å². The zero-order valence-electron chi connectivity index (χ0n) is 11.1. The molecule has 0 amide bonds. The van der Waals surface area contributed by atoms with Crippen molar-refractivity contribution >= 4 is 33.9 Å². The van der Waals surface area contributed by atoms with Crippen LogP contribution in [-0.2, 0) is 0 Å². The van der Waals surface area contributed by atoms with Gasteiger partial charge in [0.05, 0.1) is 5.71 Å². The molecule has 0 bridgehead atoms. The molecular weight excluding hydrogens is 260 g/mol. The fourth-order valence-electron chi connectivity index (χ4n) is 1.74. The maximum Gasteiger partial charge on any atom is 0.176 e. The molecule has 0 fully saturated rings. The second-order valence-electron chi connectivity index (χ2n) is 4.47. The molecule has 0 saturated heterocycles. The predicted octanol–water partition coefficient (Wildman–Crippen LogP) is 4.04. The third kappa shape index (κ3) is 3.29. The van der Waals surface area contributed by atoms with Gasteiger partial charge in [-0.3, -0.25) is 5.43 Å². The molecule has 19 heavy (non-hydrogen) atoms. The van der Waals surface area contributed by atoms with E-state index in [1.54, 1.807) is 0 Å². The van der Waals surface area contributed by atoms with Gasteiger partial charge in [0, 0.05) is 10.8 Å². The molecule has 0 atom stereocenters. The summed E-state index contributed by atoms with van der Waals surface area (Å²) in [6, 6.07) is 7.68. The summed E-state index contributed by atoms with van der Waals surface area (Å²) >= 11 is 6.01. The lowest BCUT2D eigenvalue weighted by Crippen LogP contribution is -1.99. The number of benzene rings is 1. The number of allylic oxidation sites excluding steroid dienone is 2. The highest BCUT2D eigenvalue weighted by atomic mass is 35.5. The van der Waals surface area contributed by atoms with Crippen molar-refractivity contribution in [2.75, 3.05) is 5.43 Å². The summed E-state index contributed by atoms with van der Waals surface area (Å²) in [6.07, 6.45) is 1.98. The highest BCUT2D eigenvalue weighted by Gasteiger charge is 2.06. The first-order valence-corrected chi connectivity index (χ1v) is 6.32. The van der Waals surface area contributed by atoms with E-state index in [4.69, 9.17) is 11.6 Å². The van der Waals surface area contributed by atoms with E-state index in [2.05, 4.69) is 20.7 Å². The first-order valence-electron chi connectivity index (χ1n) is 5.94. The van der Waals surface area contributed by atoms with Gasteiger partial charge in [0.1, 0.15) is 0 Å². The lowest BCUT2D eigenvalue weighted by Gasteiger charge is -2.05. The minimum Gasteiger partial charge on any atom is -0.259 e. The molecule has 2 aromatic rings. The van der Waals surface area contributed by atoms with Crippen LogP contribution in [0, 0.1) is 0 Å². The van der Waals surface area contributed by atoms with Gasteiger partial charge in [0.2, 0.25) is 0 Å². The third-order valence-corrected chi connectivity index (χ3v) is 2.76. The monoisotopic (exact) mass is 274 g/mol. The smallest absolute Gasteiger partial charge is 0.176 e. The summed E-state index contributed by atoms with van der Waals surface area (Å²) in [5, 5.41) is 14.4. The Labute approximate surface area is 117 Å². The lowest BCUT2D eigenvalue weighted by atomic mass is 10.2. The van der Waals surface area contributed by atoms with Crippen molar-refractivity contribution in [2.24, 2.45) is 5.10 Å². The molecule has 0 saturated carbocycles. The van der Waals surface area contributed by atoms with Crippen molar-refractivity contribution in [1.82, 2.24) is 10.2 Å². The van der Waals surface area contributed by atoms with Crippen LogP contribution in [0.25, 0.3) is 10.8 Å². The highest BCUT2D eigenvalue weighted by Crippen LogP contribution is 2.25. The van der Waals surface area contributed by atoms with Crippen molar-refractivity contribution in [3.63, 3.8) is 0 Å². The molecule has 0 unspecified atom stereocenters. The molecule has 98 valence electrons. The summed E-state index contributed by atoms with van der Waals surface area (Å²) < 4.78 is 0. The number of hydrazone groups is 1. The molecule has 1 N–H and O–H groups in total. The number of rotatable bonds is 3. The molecule has 0 aliphatic carbocycles. The maximum absolute atomic E-state index is 6.01. The van der Waals surface area contributed by atoms with Crippen molar-refractivity contribution in [1.29, 1.82) is 0 Å². The Morgan fingerprint density at radius 3 is 2.53 bits per heavy atom. The maximum atomic E-state index is 6.01. The average Bonchev–Trinajstić information content (AvgIpc) is 2.37. The van der Waals surface area contributed by atoms with Crippen LogP contribution < -0.4 is 5.43 Å². The summed E-state index contributed by atoms with van der Waals surface area (Å²) in [5.41, 5.74) is 5.00. The fourth-order valence-corrected chi connectivity index (χ4v) is 1.95. The number of hydrogen-bond donors (Lipinski definition) is 1. The Balaban J connectivity index is 2.37. The van der Waals surface area contributed by atoms with E-state index in [-0.39, 0.29) is 0 Å². The van der Waals surface area contributed by atoms with Crippen molar-refractivity contribution in [2.45, 2.75) is 20.8 Å². The van der Waals surface area contributed by atoms with Gasteiger partial charge in [-0.15, -0.1) is 10.2 Å². The van der Waals surface area contributed by atoms with Gasteiger partial charge in [-0.25, -0.2) is 0 Å².